The Morgan fingerprint density at radius 2 is 2.29 bits per heavy atom. The van der Waals surface area contributed by atoms with Crippen LogP contribution in [0, 0.1) is 17.3 Å². The van der Waals surface area contributed by atoms with Crippen LogP contribution < -0.4 is 5.73 Å². The highest BCUT2D eigenvalue weighted by molar-refractivity contribution is 5.73. The van der Waals surface area contributed by atoms with E-state index in [1.165, 1.54) is 12.8 Å². The average molecular weight is 226 g/mol. The maximum Gasteiger partial charge on any atom is 0.0894 e. The van der Waals surface area contributed by atoms with Crippen molar-refractivity contribution in [2.45, 2.75) is 33.1 Å². The quantitative estimate of drug-likeness (QED) is 0.786. The third-order valence-corrected chi connectivity index (χ3v) is 3.39. The molecule has 2 nitrogen and oxygen atoms in total. The smallest absolute Gasteiger partial charge is 0.0894 e. The Labute approximate surface area is 103 Å². The minimum atomic E-state index is 0.263. The molecule has 0 radical (unpaired) electrons. The molecule has 1 aliphatic carbocycles. The van der Waals surface area contributed by atoms with Gasteiger partial charge in [-0.1, -0.05) is 25.3 Å². The molecule has 88 valence electrons. The van der Waals surface area contributed by atoms with Crippen LogP contribution in [0.15, 0.2) is 18.8 Å². The van der Waals surface area contributed by atoms with Gasteiger partial charge in [0.15, 0.2) is 0 Å². The first-order valence-electron chi connectivity index (χ1n) is 6.01. The highest BCUT2D eigenvalue weighted by atomic mass is 14.7. The molecule has 1 aromatic rings. The van der Waals surface area contributed by atoms with E-state index in [0.717, 1.165) is 23.3 Å². The van der Waals surface area contributed by atoms with Crippen LogP contribution in [-0.4, -0.2) is 4.98 Å². The first-order valence-corrected chi connectivity index (χ1v) is 6.01. The standard InChI is InChI=1S/C15H18N2/c1-4-15(8-9-15)7-5-12-6-10-17-14(11(2)3)13(12)16/h6,10H,2,4,8-9,16H2,1,3H3. The first kappa shape index (κ1) is 11.7. The molecule has 1 heterocycles. The molecule has 1 aliphatic rings. The molecule has 17 heavy (non-hydrogen) atoms. The molecule has 0 saturated heterocycles. The predicted octanol–water partition coefficient (Wildman–Crippen LogP) is 3.24. The number of nitrogens with zero attached hydrogens (tertiary/aromatic N) is 1. The molecular weight excluding hydrogens is 208 g/mol. The molecule has 0 aromatic carbocycles. The first-order chi connectivity index (χ1) is 8.08. The van der Waals surface area contributed by atoms with Crippen LogP contribution in [0.25, 0.3) is 5.57 Å². The van der Waals surface area contributed by atoms with Gasteiger partial charge in [0, 0.05) is 11.6 Å². The number of hydrogen-bond acceptors (Lipinski definition) is 2. The summed E-state index contributed by atoms with van der Waals surface area (Å²) in [6, 6.07) is 1.88. The van der Waals surface area contributed by atoms with Gasteiger partial charge in [0.25, 0.3) is 0 Å². The van der Waals surface area contributed by atoms with E-state index in [-0.39, 0.29) is 5.41 Å². The number of nitrogens with two attached hydrogens (primary N) is 1. The molecule has 2 N–H and O–H groups in total. The molecule has 2 rings (SSSR count). The third-order valence-electron chi connectivity index (χ3n) is 3.39. The van der Waals surface area contributed by atoms with Crippen molar-refractivity contribution in [2.24, 2.45) is 5.41 Å². The van der Waals surface area contributed by atoms with Gasteiger partial charge in [-0.05, 0) is 37.8 Å². The zero-order valence-corrected chi connectivity index (χ0v) is 10.5. The molecule has 1 fully saturated rings. The van der Waals surface area contributed by atoms with Gasteiger partial charge in [0.2, 0.25) is 0 Å². The Bertz CT molecular complexity index is 513. The van der Waals surface area contributed by atoms with Crippen molar-refractivity contribution in [1.82, 2.24) is 4.98 Å². The Balaban J connectivity index is 2.34. The van der Waals surface area contributed by atoms with E-state index in [1.807, 2.05) is 13.0 Å². The molecular formula is C15H18N2. The van der Waals surface area contributed by atoms with Crippen molar-refractivity contribution in [1.29, 1.82) is 0 Å². The number of hydrogen-bond donors (Lipinski definition) is 1. The molecule has 0 aliphatic heterocycles. The molecule has 1 saturated carbocycles. The normalized spacial score (nSPS) is 15.9. The number of nitrogen functional groups attached to an aromatic ring is 1. The Morgan fingerprint density at radius 1 is 1.59 bits per heavy atom. The largest absolute Gasteiger partial charge is 0.396 e. The van der Waals surface area contributed by atoms with Gasteiger partial charge in [0.1, 0.15) is 0 Å². The molecule has 0 amide bonds. The fourth-order valence-corrected chi connectivity index (χ4v) is 1.84. The molecule has 0 unspecified atom stereocenters. The van der Waals surface area contributed by atoms with Crippen LogP contribution in [0.3, 0.4) is 0 Å². The molecule has 0 spiro atoms. The second kappa shape index (κ2) is 4.25. The minimum absolute atomic E-state index is 0.263. The fraction of sp³-hybridized carbons (Fsp3) is 0.400. The van der Waals surface area contributed by atoms with E-state index in [0.29, 0.717) is 5.69 Å². The summed E-state index contributed by atoms with van der Waals surface area (Å²) in [7, 11) is 0. The van der Waals surface area contributed by atoms with Crippen LogP contribution in [0.5, 0.6) is 0 Å². The number of rotatable bonds is 2. The zero-order valence-electron chi connectivity index (χ0n) is 10.5. The maximum atomic E-state index is 6.05. The topological polar surface area (TPSA) is 38.9 Å². The van der Waals surface area contributed by atoms with E-state index in [4.69, 9.17) is 5.73 Å². The van der Waals surface area contributed by atoms with Gasteiger partial charge in [0.05, 0.1) is 16.9 Å². The van der Waals surface area contributed by atoms with Gasteiger partial charge in [-0.2, -0.15) is 0 Å². The molecule has 2 heteroatoms. The lowest BCUT2D eigenvalue weighted by atomic mass is 10.0. The van der Waals surface area contributed by atoms with Gasteiger partial charge in [-0.3, -0.25) is 4.98 Å². The highest BCUT2D eigenvalue weighted by Crippen LogP contribution is 2.47. The number of anilines is 1. The van der Waals surface area contributed by atoms with Crippen LogP contribution >= 0.6 is 0 Å². The van der Waals surface area contributed by atoms with Gasteiger partial charge in [-0.25, -0.2) is 0 Å². The van der Waals surface area contributed by atoms with Crippen LogP contribution in [0.4, 0.5) is 5.69 Å². The van der Waals surface area contributed by atoms with E-state index in [2.05, 4.69) is 30.3 Å². The summed E-state index contributed by atoms with van der Waals surface area (Å²) in [5.41, 5.74) is 9.48. The van der Waals surface area contributed by atoms with Crippen molar-refractivity contribution in [3.63, 3.8) is 0 Å². The Morgan fingerprint density at radius 3 is 2.82 bits per heavy atom. The summed E-state index contributed by atoms with van der Waals surface area (Å²) in [6.07, 6.45) is 5.30. The Kier molecular flexibility index (Phi) is 2.93. The van der Waals surface area contributed by atoms with Crippen molar-refractivity contribution in [3.8, 4) is 11.8 Å². The summed E-state index contributed by atoms with van der Waals surface area (Å²) in [4.78, 5) is 4.23. The van der Waals surface area contributed by atoms with Crippen LogP contribution in [0.1, 0.15) is 44.4 Å². The molecule has 0 bridgehead atoms. The van der Waals surface area contributed by atoms with E-state index in [9.17, 15) is 0 Å². The van der Waals surface area contributed by atoms with Crippen LogP contribution in [-0.2, 0) is 0 Å². The molecule has 1 aromatic heterocycles. The second-order valence-electron chi connectivity index (χ2n) is 4.79. The Hall–Kier alpha value is -1.75. The third kappa shape index (κ3) is 2.34. The summed E-state index contributed by atoms with van der Waals surface area (Å²) >= 11 is 0. The highest BCUT2D eigenvalue weighted by Gasteiger charge is 2.38. The van der Waals surface area contributed by atoms with Crippen molar-refractivity contribution in [2.75, 3.05) is 5.73 Å². The van der Waals surface area contributed by atoms with E-state index < -0.39 is 0 Å². The lowest BCUT2D eigenvalue weighted by Crippen LogP contribution is -1.99. The van der Waals surface area contributed by atoms with Crippen molar-refractivity contribution >= 4 is 11.3 Å². The fourth-order valence-electron chi connectivity index (χ4n) is 1.84. The van der Waals surface area contributed by atoms with Gasteiger partial charge in [-0.15, -0.1) is 0 Å². The average Bonchev–Trinajstić information content (AvgIpc) is 3.08. The van der Waals surface area contributed by atoms with Gasteiger partial charge >= 0.3 is 0 Å². The summed E-state index contributed by atoms with van der Waals surface area (Å²) in [5, 5.41) is 0. The predicted molar refractivity (Wildman–Crippen MR) is 72.2 cm³/mol. The van der Waals surface area contributed by atoms with Crippen molar-refractivity contribution < 1.29 is 0 Å². The lowest BCUT2D eigenvalue weighted by Gasteiger charge is -2.06. The molecule has 0 atom stereocenters. The number of aromatic nitrogens is 1. The maximum absolute atomic E-state index is 6.05. The summed E-state index contributed by atoms with van der Waals surface area (Å²) < 4.78 is 0. The SMILES string of the molecule is C=C(C)c1nccc(C#CC2(CC)CC2)c1N. The number of pyridine rings is 1. The lowest BCUT2D eigenvalue weighted by molar-refractivity contribution is 0.651. The van der Waals surface area contributed by atoms with E-state index in [1.54, 1.807) is 6.20 Å². The monoisotopic (exact) mass is 226 g/mol. The zero-order chi connectivity index (χ0) is 12.5. The minimum Gasteiger partial charge on any atom is -0.396 e. The van der Waals surface area contributed by atoms with Crippen molar-refractivity contribution in [3.05, 3.63) is 30.1 Å². The second-order valence-corrected chi connectivity index (χ2v) is 4.79. The van der Waals surface area contributed by atoms with Gasteiger partial charge < -0.3 is 5.73 Å². The van der Waals surface area contributed by atoms with E-state index >= 15 is 0 Å². The number of allylic oxidation sites excluding steroid dienone is 1. The summed E-state index contributed by atoms with van der Waals surface area (Å²) in [6.45, 7) is 7.97. The van der Waals surface area contributed by atoms with Crippen LogP contribution in [0.2, 0.25) is 0 Å². The summed E-state index contributed by atoms with van der Waals surface area (Å²) in [5.74, 6) is 6.56.